The zero-order valence-electron chi connectivity index (χ0n) is 17.7. The maximum atomic E-state index is 12.9. The monoisotopic (exact) mass is 451 g/mol. The molecule has 0 spiro atoms. The van der Waals surface area contributed by atoms with Gasteiger partial charge in [-0.05, 0) is 43.5 Å². The number of alkyl halides is 3. The van der Waals surface area contributed by atoms with Gasteiger partial charge in [0.05, 0.1) is 18.4 Å². The fraction of sp³-hybridized carbons (Fsp3) is 0.250. The molecule has 33 heavy (non-hydrogen) atoms. The van der Waals surface area contributed by atoms with Crippen LogP contribution in [-0.4, -0.2) is 31.3 Å². The number of ketones is 1. The third-order valence-corrected chi connectivity index (χ3v) is 5.54. The molecular formula is C24H20F3N5O. The van der Waals surface area contributed by atoms with E-state index in [0.29, 0.717) is 52.1 Å². The molecule has 2 heterocycles. The van der Waals surface area contributed by atoms with Crippen molar-refractivity contribution in [1.29, 1.82) is 0 Å². The van der Waals surface area contributed by atoms with Gasteiger partial charge in [-0.25, -0.2) is 15.0 Å². The van der Waals surface area contributed by atoms with Gasteiger partial charge in [-0.1, -0.05) is 30.3 Å². The lowest BCUT2D eigenvalue weighted by Gasteiger charge is -2.11. The molecule has 0 atom stereocenters. The van der Waals surface area contributed by atoms with Crippen LogP contribution < -0.4 is 5.32 Å². The van der Waals surface area contributed by atoms with Gasteiger partial charge in [0, 0.05) is 17.2 Å². The lowest BCUT2D eigenvalue weighted by atomic mass is 10.1. The number of nitrogens with one attached hydrogen (secondary N) is 1. The van der Waals surface area contributed by atoms with Gasteiger partial charge >= 0.3 is 6.18 Å². The summed E-state index contributed by atoms with van der Waals surface area (Å²) in [6.07, 6.45) is -0.662. The van der Waals surface area contributed by atoms with Crippen molar-refractivity contribution < 1.29 is 18.0 Å². The van der Waals surface area contributed by atoms with E-state index in [0.717, 1.165) is 25.0 Å². The van der Waals surface area contributed by atoms with E-state index < -0.39 is 11.7 Å². The zero-order valence-corrected chi connectivity index (χ0v) is 17.7. The van der Waals surface area contributed by atoms with Gasteiger partial charge in [0.15, 0.2) is 23.1 Å². The fourth-order valence-corrected chi connectivity index (χ4v) is 3.58. The third kappa shape index (κ3) is 4.44. The highest BCUT2D eigenvalue weighted by molar-refractivity contribution is 5.95. The molecule has 1 aliphatic carbocycles. The molecule has 0 radical (unpaired) electrons. The summed E-state index contributed by atoms with van der Waals surface area (Å²) in [5, 5.41) is 3.39. The summed E-state index contributed by atoms with van der Waals surface area (Å²) in [5.74, 6) is 1.00. The average Bonchev–Trinajstić information content (AvgIpc) is 3.52. The van der Waals surface area contributed by atoms with Crippen LogP contribution in [0.2, 0.25) is 0 Å². The van der Waals surface area contributed by atoms with Gasteiger partial charge in [0.25, 0.3) is 0 Å². The molecule has 1 fully saturated rings. The maximum absolute atomic E-state index is 12.9. The molecule has 6 nitrogen and oxygen atoms in total. The first-order chi connectivity index (χ1) is 15.8. The number of rotatable bonds is 6. The number of Topliss-reactive ketones (excluding diaryl/α,β-unsaturated/α-hetero) is 1. The minimum atomic E-state index is -4.37. The van der Waals surface area contributed by atoms with E-state index in [4.69, 9.17) is 4.98 Å². The second-order valence-corrected chi connectivity index (χ2v) is 8.19. The zero-order chi connectivity index (χ0) is 23.2. The Labute approximate surface area is 187 Å². The number of carbonyl (C=O) groups is 1. The molecule has 0 amide bonds. The molecule has 0 saturated heterocycles. The van der Waals surface area contributed by atoms with Gasteiger partial charge in [0.1, 0.15) is 5.52 Å². The van der Waals surface area contributed by atoms with Crippen LogP contribution in [0.15, 0.2) is 54.9 Å². The van der Waals surface area contributed by atoms with E-state index in [-0.39, 0.29) is 5.78 Å². The Morgan fingerprint density at radius 2 is 1.88 bits per heavy atom. The van der Waals surface area contributed by atoms with E-state index in [1.165, 1.54) is 19.1 Å². The normalized spacial score (nSPS) is 13.9. The van der Waals surface area contributed by atoms with Crippen molar-refractivity contribution in [3.63, 3.8) is 0 Å². The molecule has 0 aliphatic heterocycles. The lowest BCUT2D eigenvalue weighted by molar-refractivity contribution is -0.137. The van der Waals surface area contributed by atoms with Crippen molar-refractivity contribution in [2.24, 2.45) is 0 Å². The van der Waals surface area contributed by atoms with Crippen LogP contribution >= 0.6 is 0 Å². The third-order valence-electron chi connectivity index (χ3n) is 5.54. The molecule has 1 saturated carbocycles. The Hall–Kier alpha value is -3.75. The Morgan fingerprint density at radius 1 is 1.12 bits per heavy atom. The quantitative estimate of drug-likeness (QED) is 0.401. The van der Waals surface area contributed by atoms with Gasteiger partial charge in [-0.3, -0.25) is 4.79 Å². The highest BCUT2D eigenvalue weighted by atomic mass is 19.4. The van der Waals surface area contributed by atoms with Crippen LogP contribution in [0.5, 0.6) is 0 Å². The number of fused-ring (bicyclic) bond motifs is 1. The van der Waals surface area contributed by atoms with Crippen molar-refractivity contribution in [3.05, 3.63) is 71.5 Å². The first-order valence-electron chi connectivity index (χ1n) is 10.5. The summed E-state index contributed by atoms with van der Waals surface area (Å²) in [5.41, 5.74) is 2.43. The Balaban J connectivity index is 1.55. The molecule has 1 aliphatic rings. The van der Waals surface area contributed by atoms with Gasteiger partial charge in [0.2, 0.25) is 0 Å². The molecule has 9 heteroatoms. The average molecular weight is 451 g/mol. The molecule has 2 aromatic carbocycles. The number of nitrogens with zero attached hydrogens (tertiary/aromatic N) is 4. The smallest absolute Gasteiger partial charge is 0.365 e. The largest absolute Gasteiger partial charge is 0.416 e. The minimum Gasteiger partial charge on any atom is -0.365 e. The van der Waals surface area contributed by atoms with Crippen LogP contribution in [0.4, 0.5) is 19.0 Å². The molecule has 4 aromatic rings. The predicted molar refractivity (Wildman–Crippen MR) is 118 cm³/mol. The van der Waals surface area contributed by atoms with Gasteiger partial charge < -0.3 is 9.88 Å². The first-order valence-corrected chi connectivity index (χ1v) is 10.5. The maximum Gasteiger partial charge on any atom is 0.416 e. The van der Waals surface area contributed by atoms with Gasteiger partial charge in [-0.2, -0.15) is 13.2 Å². The van der Waals surface area contributed by atoms with E-state index in [1.807, 2.05) is 6.07 Å². The molecule has 1 N–H and O–H groups in total. The molecule has 2 aromatic heterocycles. The van der Waals surface area contributed by atoms with Crippen molar-refractivity contribution in [2.45, 2.75) is 38.5 Å². The van der Waals surface area contributed by atoms with E-state index in [9.17, 15) is 18.0 Å². The Morgan fingerprint density at radius 3 is 2.55 bits per heavy atom. The number of aromatic nitrogens is 4. The Kier molecular flexibility index (Phi) is 5.11. The van der Waals surface area contributed by atoms with E-state index in [1.54, 1.807) is 29.1 Å². The summed E-state index contributed by atoms with van der Waals surface area (Å²) in [6.45, 7) is 1.81. The summed E-state index contributed by atoms with van der Waals surface area (Å²) in [7, 11) is 0. The van der Waals surface area contributed by atoms with Crippen molar-refractivity contribution in [2.75, 3.05) is 5.32 Å². The highest BCUT2D eigenvalue weighted by Gasteiger charge is 2.30. The highest BCUT2D eigenvalue weighted by Crippen LogP contribution is 2.31. The minimum absolute atomic E-state index is 0.0541. The molecule has 168 valence electrons. The van der Waals surface area contributed by atoms with Gasteiger partial charge in [-0.15, -0.1) is 0 Å². The first kappa shape index (κ1) is 21.1. The summed E-state index contributed by atoms with van der Waals surface area (Å²) in [6, 6.07) is 12.5. The van der Waals surface area contributed by atoms with Crippen LogP contribution in [0.25, 0.3) is 22.6 Å². The molecule has 0 unspecified atom stereocenters. The standard InChI is InChI=1S/C24H20F3N5O/c1-14(33)16-3-2-4-17(11-16)21-30-22(29-19-9-10-19)20-23(31-21)32(13-28-20)12-15-5-7-18(8-6-15)24(25,26)27/h2-8,11,13,19H,9-10,12H2,1H3,(H,29,30,31). The second kappa shape index (κ2) is 7.99. The number of benzene rings is 2. The number of halogens is 3. The second-order valence-electron chi connectivity index (χ2n) is 8.19. The van der Waals surface area contributed by atoms with Crippen LogP contribution in [0, 0.1) is 0 Å². The van der Waals surface area contributed by atoms with E-state index in [2.05, 4.69) is 15.3 Å². The topological polar surface area (TPSA) is 72.7 Å². The molecule has 0 bridgehead atoms. The molecular weight excluding hydrogens is 431 g/mol. The number of hydrogen-bond donors (Lipinski definition) is 1. The predicted octanol–water partition coefficient (Wildman–Crippen LogP) is 5.34. The fourth-order valence-electron chi connectivity index (χ4n) is 3.58. The van der Waals surface area contributed by atoms with Crippen LogP contribution in [0.3, 0.4) is 0 Å². The lowest BCUT2D eigenvalue weighted by Crippen LogP contribution is -2.08. The van der Waals surface area contributed by atoms with Crippen molar-refractivity contribution in [1.82, 2.24) is 19.5 Å². The number of carbonyl (C=O) groups excluding carboxylic acids is 1. The summed E-state index contributed by atoms with van der Waals surface area (Å²) >= 11 is 0. The molecule has 5 rings (SSSR count). The number of hydrogen-bond acceptors (Lipinski definition) is 5. The van der Waals surface area contributed by atoms with Crippen LogP contribution in [0.1, 0.15) is 41.3 Å². The Bertz CT molecular complexity index is 1340. The summed E-state index contributed by atoms with van der Waals surface area (Å²) in [4.78, 5) is 25.7. The van der Waals surface area contributed by atoms with E-state index >= 15 is 0 Å². The number of imidazole rings is 1. The number of anilines is 1. The van der Waals surface area contributed by atoms with Crippen LogP contribution in [-0.2, 0) is 12.7 Å². The SMILES string of the molecule is CC(=O)c1cccc(-c2nc(NC3CC3)c3ncn(Cc4ccc(C(F)(F)F)cc4)c3n2)c1. The van der Waals surface area contributed by atoms with Crippen molar-refractivity contribution >= 4 is 22.8 Å². The summed E-state index contributed by atoms with van der Waals surface area (Å²) < 4.78 is 40.4. The van der Waals surface area contributed by atoms with Crippen molar-refractivity contribution in [3.8, 4) is 11.4 Å².